The van der Waals surface area contributed by atoms with E-state index in [1.807, 2.05) is 24.3 Å². The first-order valence-electron chi connectivity index (χ1n) is 9.65. The van der Waals surface area contributed by atoms with Crippen LogP contribution >= 0.6 is 0 Å². The SMILES string of the molecule is CN1C(=O)CCc2cc(-c3cccc(-n4nnn(CC(CN)=C(F)F)c4=O)c3)ccc21. The standard InChI is InChI=1S/C21H20F2N6O2/c1-27-18-7-5-14(9-15(18)6-8-19(27)30)13-3-2-4-17(10-13)29-21(31)28(25-26-29)12-16(11-24)20(22)23/h2-5,7,9-10H,6,8,11-12,24H2,1H3. The number of tetrazole rings is 1. The Bertz CT molecular complexity index is 1240. The van der Waals surface area contributed by atoms with Gasteiger partial charge >= 0.3 is 5.69 Å². The van der Waals surface area contributed by atoms with Crippen molar-refractivity contribution >= 4 is 11.6 Å². The summed E-state index contributed by atoms with van der Waals surface area (Å²) in [6, 6.07) is 13.0. The Morgan fingerprint density at radius 1 is 1.06 bits per heavy atom. The highest BCUT2D eigenvalue weighted by molar-refractivity contribution is 5.96. The first-order chi connectivity index (χ1) is 14.9. The monoisotopic (exact) mass is 426 g/mol. The van der Waals surface area contributed by atoms with Gasteiger partial charge in [-0.3, -0.25) is 4.79 Å². The van der Waals surface area contributed by atoms with E-state index in [4.69, 9.17) is 5.73 Å². The molecule has 1 aliphatic rings. The fourth-order valence-corrected chi connectivity index (χ4v) is 3.57. The molecule has 31 heavy (non-hydrogen) atoms. The van der Waals surface area contributed by atoms with Gasteiger partial charge in [0.15, 0.2) is 0 Å². The van der Waals surface area contributed by atoms with Gasteiger partial charge in [0, 0.05) is 31.3 Å². The molecule has 2 aromatic carbocycles. The van der Waals surface area contributed by atoms with Crippen LogP contribution in [0.1, 0.15) is 12.0 Å². The average molecular weight is 426 g/mol. The molecule has 1 aromatic heterocycles. The zero-order chi connectivity index (χ0) is 22.1. The average Bonchev–Trinajstić information content (AvgIpc) is 3.14. The zero-order valence-electron chi connectivity index (χ0n) is 16.8. The normalized spacial score (nSPS) is 13.3. The lowest BCUT2D eigenvalue weighted by molar-refractivity contribution is -0.118. The number of aromatic nitrogens is 4. The maximum absolute atomic E-state index is 12.9. The Kier molecular flexibility index (Phi) is 5.47. The molecule has 0 saturated carbocycles. The molecule has 2 N–H and O–H groups in total. The lowest BCUT2D eigenvalue weighted by atomic mass is 9.96. The molecule has 0 atom stereocenters. The van der Waals surface area contributed by atoms with Crippen molar-refractivity contribution in [1.29, 1.82) is 0 Å². The number of carbonyl (C=O) groups is 1. The van der Waals surface area contributed by atoms with Gasteiger partial charge in [-0.1, -0.05) is 18.2 Å². The van der Waals surface area contributed by atoms with Gasteiger partial charge in [0.25, 0.3) is 6.08 Å². The van der Waals surface area contributed by atoms with Gasteiger partial charge in [-0.05, 0) is 57.8 Å². The van der Waals surface area contributed by atoms with Gasteiger partial charge in [-0.2, -0.15) is 18.1 Å². The fourth-order valence-electron chi connectivity index (χ4n) is 3.57. The van der Waals surface area contributed by atoms with Crippen molar-refractivity contribution in [3.63, 3.8) is 0 Å². The van der Waals surface area contributed by atoms with Gasteiger partial charge in [-0.25, -0.2) is 4.79 Å². The molecule has 0 radical (unpaired) electrons. The number of hydrogen-bond acceptors (Lipinski definition) is 5. The first kappa shape index (κ1) is 20.6. The lowest BCUT2D eigenvalue weighted by Crippen LogP contribution is -2.30. The van der Waals surface area contributed by atoms with Crippen LogP contribution in [0.5, 0.6) is 0 Å². The summed E-state index contributed by atoms with van der Waals surface area (Å²) in [5.41, 5.74) is 8.48. The molecule has 0 saturated heterocycles. The van der Waals surface area contributed by atoms with Gasteiger partial charge in [0.2, 0.25) is 5.91 Å². The molecule has 0 spiro atoms. The van der Waals surface area contributed by atoms with Crippen molar-refractivity contribution in [3.8, 4) is 16.8 Å². The van der Waals surface area contributed by atoms with Crippen LogP contribution in [0.25, 0.3) is 16.8 Å². The molecule has 3 aromatic rings. The Morgan fingerprint density at radius 2 is 1.84 bits per heavy atom. The van der Waals surface area contributed by atoms with Crippen molar-refractivity contribution < 1.29 is 13.6 Å². The van der Waals surface area contributed by atoms with Crippen molar-refractivity contribution in [3.05, 3.63) is 70.2 Å². The summed E-state index contributed by atoms with van der Waals surface area (Å²) in [6.07, 6.45) is -0.794. The van der Waals surface area contributed by atoms with Crippen LogP contribution in [-0.2, 0) is 17.8 Å². The summed E-state index contributed by atoms with van der Waals surface area (Å²) < 4.78 is 27.6. The number of rotatable bonds is 5. The van der Waals surface area contributed by atoms with E-state index in [9.17, 15) is 18.4 Å². The second kappa shape index (κ2) is 8.23. The van der Waals surface area contributed by atoms with Gasteiger partial charge in [-0.15, -0.1) is 0 Å². The maximum atomic E-state index is 12.9. The third kappa shape index (κ3) is 3.89. The van der Waals surface area contributed by atoms with Crippen LogP contribution in [0.3, 0.4) is 0 Å². The number of carbonyl (C=O) groups excluding carboxylic acids is 1. The van der Waals surface area contributed by atoms with E-state index < -0.39 is 18.3 Å². The van der Waals surface area contributed by atoms with E-state index in [0.717, 1.165) is 31.7 Å². The Morgan fingerprint density at radius 3 is 2.58 bits per heavy atom. The number of benzene rings is 2. The minimum Gasteiger partial charge on any atom is -0.327 e. The number of fused-ring (bicyclic) bond motifs is 1. The van der Waals surface area contributed by atoms with Crippen LogP contribution in [0.2, 0.25) is 0 Å². The first-order valence-corrected chi connectivity index (χ1v) is 9.65. The fraction of sp³-hybridized carbons (Fsp3) is 0.238. The third-order valence-electron chi connectivity index (χ3n) is 5.34. The maximum Gasteiger partial charge on any atom is 0.368 e. The predicted octanol–water partition coefficient (Wildman–Crippen LogP) is 2.11. The summed E-state index contributed by atoms with van der Waals surface area (Å²) in [5, 5.41) is 7.52. The molecule has 160 valence electrons. The number of halogens is 2. The summed E-state index contributed by atoms with van der Waals surface area (Å²) >= 11 is 0. The molecule has 0 aliphatic carbocycles. The van der Waals surface area contributed by atoms with Crippen molar-refractivity contribution in [1.82, 2.24) is 19.8 Å². The highest BCUT2D eigenvalue weighted by atomic mass is 19.3. The minimum atomic E-state index is -1.93. The smallest absolute Gasteiger partial charge is 0.327 e. The topological polar surface area (TPSA) is 99.0 Å². The summed E-state index contributed by atoms with van der Waals surface area (Å²) in [4.78, 5) is 26.2. The van der Waals surface area contributed by atoms with Gasteiger partial charge in [0.05, 0.1) is 12.2 Å². The van der Waals surface area contributed by atoms with Crippen LogP contribution in [0, 0.1) is 0 Å². The van der Waals surface area contributed by atoms with Crippen LogP contribution in [0.15, 0.2) is 58.9 Å². The van der Waals surface area contributed by atoms with Crippen molar-refractivity contribution in [2.24, 2.45) is 5.73 Å². The number of anilines is 1. The molecule has 10 heteroatoms. The molecule has 0 unspecified atom stereocenters. The highest BCUT2D eigenvalue weighted by Gasteiger charge is 2.21. The number of nitrogens with two attached hydrogens (primary N) is 1. The van der Waals surface area contributed by atoms with E-state index in [-0.39, 0.29) is 18.0 Å². The van der Waals surface area contributed by atoms with Crippen LogP contribution < -0.4 is 16.3 Å². The molecular weight excluding hydrogens is 406 g/mol. The largest absolute Gasteiger partial charge is 0.368 e. The molecule has 2 heterocycles. The minimum absolute atomic E-state index is 0.0880. The molecule has 8 nitrogen and oxygen atoms in total. The van der Waals surface area contributed by atoms with E-state index in [1.165, 1.54) is 0 Å². The molecular formula is C21H20F2N6O2. The third-order valence-corrected chi connectivity index (χ3v) is 5.34. The Hall–Kier alpha value is -3.66. The van der Waals surface area contributed by atoms with Crippen LogP contribution in [-0.4, -0.2) is 39.3 Å². The molecule has 1 amide bonds. The predicted molar refractivity (Wildman–Crippen MR) is 111 cm³/mol. The second-order valence-electron chi connectivity index (χ2n) is 7.25. The van der Waals surface area contributed by atoms with E-state index in [2.05, 4.69) is 10.4 Å². The van der Waals surface area contributed by atoms with Crippen molar-refractivity contribution in [2.45, 2.75) is 19.4 Å². The molecule has 1 aliphatic heterocycles. The molecule has 0 fully saturated rings. The lowest BCUT2D eigenvalue weighted by Gasteiger charge is -2.26. The number of nitrogens with zero attached hydrogens (tertiary/aromatic N) is 5. The molecule has 0 bridgehead atoms. The van der Waals surface area contributed by atoms with E-state index >= 15 is 0 Å². The summed E-state index contributed by atoms with van der Waals surface area (Å²) in [5.74, 6) is 0.0880. The summed E-state index contributed by atoms with van der Waals surface area (Å²) in [6.45, 7) is -0.801. The Labute approximate surface area is 176 Å². The number of aryl methyl sites for hydroxylation is 1. The molecule has 4 rings (SSSR count). The number of amides is 1. The second-order valence-corrected chi connectivity index (χ2v) is 7.25. The summed E-state index contributed by atoms with van der Waals surface area (Å²) in [7, 11) is 1.76. The number of hydrogen-bond donors (Lipinski definition) is 1. The van der Waals surface area contributed by atoms with E-state index in [1.54, 1.807) is 30.1 Å². The quantitative estimate of drug-likeness (QED) is 0.674. The zero-order valence-corrected chi connectivity index (χ0v) is 16.8. The highest BCUT2D eigenvalue weighted by Crippen LogP contribution is 2.31. The van der Waals surface area contributed by atoms with Crippen LogP contribution in [0.4, 0.5) is 14.5 Å². The van der Waals surface area contributed by atoms with Gasteiger partial charge < -0.3 is 10.6 Å². The van der Waals surface area contributed by atoms with E-state index in [0.29, 0.717) is 18.5 Å². The van der Waals surface area contributed by atoms with Gasteiger partial charge in [0.1, 0.15) is 0 Å². The Balaban J connectivity index is 1.67. The van der Waals surface area contributed by atoms with Crippen molar-refractivity contribution in [2.75, 3.05) is 18.5 Å².